The molecular formula is C15H19N3O2. The van der Waals surface area contributed by atoms with E-state index in [1.165, 1.54) is 0 Å². The van der Waals surface area contributed by atoms with Crippen LogP contribution in [0, 0.1) is 12.8 Å². The van der Waals surface area contributed by atoms with Gasteiger partial charge in [-0.05, 0) is 31.0 Å². The van der Waals surface area contributed by atoms with Crippen molar-refractivity contribution in [3.05, 3.63) is 45.7 Å². The van der Waals surface area contributed by atoms with E-state index in [9.17, 15) is 9.59 Å². The van der Waals surface area contributed by atoms with Crippen LogP contribution in [-0.2, 0) is 0 Å². The molecular weight excluding hydrogens is 254 g/mol. The summed E-state index contributed by atoms with van der Waals surface area (Å²) in [6.45, 7) is 4.69. The zero-order valence-corrected chi connectivity index (χ0v) is 11.7. The fraction of sp³-hybridized carbons (Fsp3) is 0.333. The first-order valence-electron chi connectivity index (χ1n) is 6.64. The molecule has 0 aliphatic carbocycles. The number of aromatic amines is 1. The van der Waals surface area contributed by atoms with Crippen molar-refractivity contribution < 1.29 is 4.79 Å². The number of rotatable bonds is 4. The number of carbonyl (C=O) groups is 1. The largest absolute Gasteiger partial charge is 0.352 e. The summed E-state index contributed by atoms with van der Waals surface area (Å²) in [4.78, 5) is 27.0. The molecule has 0 spiro atoms. The van der Waals surface area contributed by atoms with E-state index in [2.05, 4.69) is 10.3 Å². The van der Waals surface area contributed by atoms with Crippen molar-refractivity contribution in [1.82, 2.24) is 10.3 Å². The minimum Gasteiger partial charge on any atom is -0.352 e. The Balaban J connectivity index is 2.39. The van der Waals surface area contributed by atoms with Gasteiger partial charge in [0.2, 0.25) is 0 Å². The van der Waals surface area contributed by atoms with Gasteiger partial charge in [-0.25, -0.2) is 0 Å². The van der Waals surface area contributed by atoms with Crippen molar-refractivity contribution in [3.63, 3.8) is 0 Å². The van der Waals surface area contributed by atoms with Crippen molar-refractivity contribution in [1.29, 1.82) is 0 Å². The van der Waals surface area contributed by atoms with Gasteiger partial charge in [0.15, 0.2) is 0 Å². The number of hydrogen-bond donors (Lipinski definition) is 3. The average molecular weight is 273 g/mol. The molecule has 2 aromatic rings. The minimum atomic E-state index is -0.362. The van der Waals surface area contributed by atoms with E-state index in [4.69, 9.17) is 5.73 Å². The van der Waals surface area contributed by atoms with Crippen molar-refractivity contribution in [2.75, 3.05) is 13.1 Å². The lowest BCUT2D eigenvalue weighted by Gasteiger charge is -2.12. The van der Waals surface area contributed by atoms with Crippen LogP contribution >= 0.6 is 0 Å². The predicted molar refractivity (Wildman–Crippen MR) is 79.9 cm³/mol. The van der Waals surface area contributed by atoms with Gasteiger partial charge in [0, 0.05) is 17.4 Å². The fourth-order valence-corrected chi connectivity index (χ4v) is 2.12. The van der Waals surface area contributed by atoms with Crippen molar-refractivity contribution in [2.24, 2.45) is 11.7 Å². The molecule has 4 N–H and O–H groups in total. The molecule has 1 aromatic carbocycles. The highest BCUT2D eigenvalue weighted by Crippen LogP contribution is 2.16. The third kappa shape index (κ3) is 2.72. The van der Waals surface area contributed by atoms with E-state index in [-0.39, 0.29) is 22.9 Å². The summed E-state index contributed by atoms with van der Waals surface area (Å²) in [6.07, 6.45) is 0. The molecule has 0 aliphatic rings. The van der Waals surface area contributed by atoms with E-state index in [0.29, 0.717) is 18.7 Å². The van der Waals surface area contributed by atoms with Crippen LogP contribution < -0.4 is 16.6 Å². The number of fused-ring (bicyclic) bond motifs is 1. The van der Waals surface area contributed by atoms with E-state index in [1.807, 2.05) is 31.2 Å². The standard InChI is InChI=1S/C15H19N3O2/c1-9(7-16)8-17-14(19)13-10(2)11-5-3-4-6-12(11)18-15(13)20/h3-6,9H,7-8,16H2,1-2H3,(H,17,19)(H,18,20). The Bertz CT molecular complexity index is 691. The second-order valence-electron chi connectivity index (χ2n) is 5.05. The summed E-state index contributed by atoms with van der Waals surface area (Å²) in [5.74, 6) is -0.173. The zero-order valence-electron chi connectivity index (χ0n) is 11.7. The third-order valence-electron chi connectivity index (χ3n) is 3.42. The van der Waals surface area contributed by atoms with Gasteiger partial charge in [0.05, 0.1) is 0 Å². The molecule has 0 bridgehead atoms. The Hall–Kier alpha value is -2.14. The number of aromatic nitrogens is 1. The number of nitrogens with one attached hydrogen (secondary N) is 2. The number of amides is 1. The number of H-pyrrole nitrogens is 1. The molecule has 1 amide bonds. The summed E-state index contributed by atoms with van der Waals surface area (Å²) in [5.41, 5.74) is 6.76. The van der Waals surface area contributed by atoms with Crippen LogP contribution in [0.2, 0.25) is 0 Å². The summed E-state index contributed by atoms with van der Waals surface area (Å²) in [5, 5.41) is 3.64. The Kier molecular flexibility index (Phi) is 4.20. The first-order valence-corrected chi connectivity index (χ1v) is 6.64. The number of benzene rings is 1. The van der Waals surface area contributed by atoms with Gasteiger partial charge in [0.25, 0.3) is 11.5 Å². The van der Waals surface area contributed by atoms with Gasteiger partial charge >= 0.3 is 0 Å². The van der Waals surface area contributed by atoms with Gasteiger partial charge < -0.3 is 16.0 Å². The molecule has 0 saturated carbocycles. The molecule has 0 fully saturated rings. The highest BCUT2D eigenvalue weighted by atomic mass is 16.2. The molecule has 1 atom stereocenters. The Labute approximate surface area is 117 Å². The molecule has 5 nitrogen and oxygen atoms in total. The lowest BCUT2D eigenvalue weighted by atomic mass is 10.0. The Morgan fingerprint density at radius 3 is 2.80 bits per heavy atom. The van der Waals surface area contributed by atoms with Crippen molar-refractivity contribution in [3.8, 4) is 0 Å². The van der Waals surface area contributed by atoms with E-state index >= 15 is 0 Å². The van der Waals surface area contributed by atoms with Crippen molar-refractivity contribution in [2.45, 2.75) is 13.8 Å². The number of carbonyl (C=O) groups excluding carboxylic acids is 1. The molecule has 1 heterocycles. The smallest absolute Gasteiger partial charge is 0.261 e. The second kappa shape index (κ2) is 5.88. The van der Waals surface area contributed by atoms with Crippen LogP contribution in [0.25, 0.3) is 10.9 Å². The molecule has 5 heteroatoms. The SMILES string of the molecule is Cc1c(C(=O)NCC(C)CN)c(=O)[nH]c2ccccc12. The van der Waals surface area contributed by atoms with Crippen LogP contribution in [0.15, 0.2) is 29.1 Å². The topological polar surface area (TPSA) is 88.0 Å². The molecule has 1 aromatic heterocycles. The highest BCUT2D eigenvalue weighted by molar-refractivity contribution is 5.99. The summed E-state index contributed by atoms with van der Waals surface area (Å²) < 4.78 is 0. The van der Waals surface area contributed by atoms with Gasteiger partial charge in [-0.1, -0.05) is 25.1 Å². The summed E-state index contributed by atoms with van der Waals surface area (Å²) >= 11 is 0. The first kappa shape index (κ1) is 14.3. The predicted octanol–water partition coefficient (Wildman–Crippen LogP) is 1.16. The number of pyridine rings is 1. The average Bonchev–Trinajstić information content (AvgIpc) is 2.44. The molecule has 106 valence electrons. The lowest BCUT2D eigenvalue weighted by molar-refractivity contribution is 0.0946. The minimum absolute atomic E-state index is 0.174. The van der Waals surface area contributed by atoms with E-state index in [1.54, 1.807) is 6.92 Å². The van der Waals surface area contributed by atoms with Gasteiger partial charge in [-0.15, -0.1) is 0 Å². The number of para-hydroxylation sites is 1. The maximum atomic E-state index is 12.2. The molecule has 0 saturated heterocycles. The fourth-order valence-electron chi connectivity index (χ4n) is 2.12. The third-order valence-corrected chi connectivity index (χ3v) is 3.42. The summed E-state index contributed by atoms with van der Waals surface area (Å²) in [6, 6.07) is 7.44. The van der Waals surface area contributed by atoms with Crippen LogP contribution in [0.3, 0.4) is 0 Å². The van der Waals surface area contributed by atoms with E-state index < -0.39 is 0 Å². The summed E-state index contributed by atoms with van der Waals surface area (Å²) in [7, 11) is 0. The Morgan fingerprint density at radius 1 is 1.40 bits per heavy atom. The monoisotopic (exact) mass is 273 g/mol. The molecule has 1 unspecified atom stereocenters. The quantitative estimate of drug-likeness (QED) is 0.781. The van der Waals surface area contributed by atoms with Crippen LogP contribution in [0.5, 0.6) is 0 Å². The normalized spacial score (nSPS) is 12.3. The Morgan fingerprint density at radius 2 is 2.10 bits per heavy atom. The van der Waals surface area contributed by atoms with Crippen molar-refractivity contribution >= 4 is 16.8 Å². The molecule has 2 rings (SSSR count). The number of aryl methyl sites for hydroxylation is 1. The lowest BCUT2D eigenvalue weighted by Crippen LogP contribution is -2.35. The number of hydrogen-bond acceptors (Lipinski definition) is 3. The van der Waals surface area contributed by atoms with Gasteiger partial charge in [-0.3, -0.25) is 9.59 Å². The molecule has 0 aliphatic heterocycles. The maximum Gasteiger partial charge on any atom is 0.261 e. The van der Waals surface area contributed by atoms with Crippen LogP contribution in [-0.4, -0.2) is 24.0 Å². The molecule has 20 heavy (non-hydrogen) atoms. The van der Waals surface area contributed by atoms with Gasteiger partial charge in [-0.2, -0.15) is 0 Å². The molecule has 0 radical (unpaired) electrons. The van der Waals surface area contributed by atoms with Crippen LogP contribution in [0.1, 0.15) is 22.8 Å². The first-order chi connectivity index (χ1) is 9.54. The zero-order chi connectivity index (χ0) is 14.7. The number of nitrogens with two attached hydrogens (primary N) is 1. The highest BCUT2D eigenvalue weighted by Gasteiger charge is 2.16. The van der Waals surface area contributed by atoms with Crippen LogP contribution in [0.4, 0.5) is 0 Å². The van der Waals surface area contributed by atoms with E-state index in [0.717, 1.165) is 10.9 Å². The second-order valence-corrected chi connectivity index (χ2v) is 5.05. The van der Waals surface area contributed by atoms with Gasteiger partial charge in [0.1, 0.15) is 5.56 Å². The maximum absolute atomic E-state index is 12.2.